The van der Waals surface area contributed by atoms with Crippen LogP contribution in [-0.2, 0) is 6.42 Å². The normalized spacial score (nSPS) is 10.4. The van der Waals surface area contributed by atoms with E-state index in [4.69, 9.17) is 4.42 Å². The van der Waals surface area contributed by atoms with Gasteiger partial charge in [0.1, 0.15) is 5.82 Å². The molecule has 0 saturated carbocycles. The van der Waals surface area contributed by atoms with E-state index in [-0.39, 0.29) is 5.82 Å². The van der Waals surface area contributed by atoms with Crippen molar-refractivity contribution in [1.82, 2.24) is 10.2 Å². The number of nitrogens with zero attached hydrogens (tertiary/aromatic N) is 2. The SMILES string of the molecule is Fc1cccc(Cc2nnc(Br)o2)c1. The molecule has 0 fully saturated rings. The first kappa shape index (κ1) is 9.33. The van der Waals surface area contributed by atoms with E-state index >= 15 is 0 Å². The van der Waals surface area contributed by atoms with E-state index in [1.807, 2.05) is 0 Å². The van der Waals surface area contributed by atoms with Crippen LogP contribution in [-0.4, -0.2) is 10.2 Å². The van der Waals surface area contributed by atoms with Crippen LogP contribution >= 0.6 is 15.9 Å². The number of hydrogen-bond acceptors (Lipinski definition) is 3. The van der Waals surface area contributed by atoms with Crippen LogP contribution in [0.1, 0.15) is 11.5 Å². The van der Waals surface area contributed by atoms with Crippen LogP contribution in [0.5, 0.6) is 0 Å². The zero-order chi connectivity index (χ0) is 9.97. The van der Waals surface area contributed by atoms with E-state index in [0.29, 0.717) is 17.1 Å². The number of benzene rings is 1. The maximum atomic E-state index is 12.8. The van der Waals surface area contributed by atoms with E-state index < -0.39 is 0 Å². The Morgan fingerprint density at radius 2 is 2.21 bits per heavy atom. The average molecular weight is 257 g/mol. The monoisotopic (exact) mass is 256 g/mol. The first-order valence-corrected chi connectivity index (χ1v) is 4.75. The number of hydrogen-bond donors (Lipinski definition) is 0. The molecule has 2 aromatic rings. The third-order valence-electron chi connectivity index (χ3n) is 1.69. The fraction of sp³-hybridized carbons (Fsp3) is 0.111. The largest absolute Gasteiger partial charge is 0.415 e. The summed E-state index contributed by atoms with van der Waals surface area (Å²) in [5.41, 5.74) is 0.807. The van der Waals surface area contributed by atoms with Gasteiger partial charge >= 0.3 is 0 Å². The molecule has 0 saturated heterocycles. The van der Waals surface area contributed by atoms with Gasteiger partial charge in [0.15, 0.2) is 0 Å². The molecule has 1 aromatic carbocycles. The second-order valence-electron chi connectivity index (χ2n) is 2.76. The highest BCUT2D eigenvalue weighted by Crippen LogP contribution is 2.12. The molecule has 14 heavy (non-hydrogen) atoms. The van der Waals surface area contributed by atoms with Crippen molar-refractivity contribution in [2.24, 2.45) is 0 Å². The molecule has 1 aromatic heterocycles. The minimum absolute atomic E-state index is 0.263. The lowest BCUT2D eigenvalue weighted by Gasteiger charge is -1.95. The average Bonchev–Trinajstić information content (AvgIpc) is 2.51. The number of halogens is 2. The smallest absolute Gasteiger partial charge is 0.284 e. The first-order valence-electron chi connectivity index (χ1n) is 3.96. The van der Waals surface area contributed by atoms with Crippen LogP contribution < -0.4 is 0 Å². The Morgan fingerprint density at radius 1 is 1.36 bits per heavy atom. The number of rotatable bonds is 2. The van der Waals surface area contributed by atoms with Gasteiger partial charge in [-0.1, -0.05) is 12.1 Å². The molecule has 0 N–H and O–H groups in total. The maximum absolute atomic E-state index is 12.8. The van der Waals surface area contributed by atoms with E-state index in [1.165, 1.54) is 12.1 Å². The molecule has 0 aliphatic carbocycles. The highest BCUT2D eigenvalue weighted by Gasteiger charge is 2.04. The van der Waals surface area contributed by atoms with Crippen molar-refractivity contribution >= 4 is 15.9 Å². The van der Waals surface area contributed by atoms with Crippen molar-refractivity contribution < 1.29 is 8.81 Å². The van der Waals surface area contributed by atoms with Crippen molar-refractivity contribution in [3.05, 3.63) is 46.3 Å². The fourth-order valence-electron chi connectivity index (χ4n) is 1.13. The Kier molecular flexibility index (Phi) is 2.58. The van der Waals surface area contributed by atoms with Crippen LogP contribution in [0.3, 0.4) is 0 Å². The van der Waals surface area contributed by atoms with E-state index in [1.54, 1.807) is 12.1 Å². The molecule has 5 heteroatoms. The molecule has 72 valence electrons. The Hall–Kier alpha value is -1.23. The van der Waals surface area contributed by atoms with Gasteiger partial charge in [0.2, 0.25) is 5.89 Å². The molecule has 0 spiro atoms. The minimum Gasteiger partial charge on any atom is -0.415 e. The van der Waals surface area contributed by atoms with Crippen molar-refractivity contribution in [3.63, 3.8) is 0 Å². The molecule has 0 aliphatic heterocycles. The summed E-state index contributed by atoms with van der Waals surface area (Å²) in [7, 11) is 0. The molecule has 0 radical (unpaired) electrons. The Bertz CT molecular complexity index is 444. The zero-order valence-electron chi connectivity index (χ0n) is 7.08. The van der Waals surface area contributed by atoms with Crippen LogP contribution in [0.4, 0.5) is 4.39 Å². The predicted octanol–water partition coefficient (Wildman–Crippen LogP) is 2.56. The van der Waals surface area contributed by atoms with Crippen molar-refractivity contribution in [2.75, 3.05) is 0 Å². The van der Waals surface area contributed by atoms with Crippen molar-refractivity contribution in [3.8, 4) is 0 Å². The Morgan fingerprint density at radius 3 is 2.86 bits per heavy atom. The molecule has 2 rings (SSSR count). The van der Waals surface area contributed by atoms with E-state index in [9.17, 15) is 4.39 Å². The first-order chi connectivity index (χ1) is 6.74. The van der Waals surface area contributed by atoms with Gasteiger partial charge < -0.3 is 4.42 Å². The predicted molar refractivity (Wildman–Crippen MR) is 51.2 cm³/mol. The molecular weight excluding hydrogens is 251 g/mol. The summed E-state index contributed by atoms with van der Waals surface area (Å²) in [5.74, 6) is 0.198. The summed E-state index contributed by atoms with van der Waals surface area (Å²) >= 11 is 3.05. The van der Waals surface area contributed by atoms with Crippen LogP contribution in [0, 0.1) is 5.82 Å². The Balaban J connectivity index is 2.18. The summed E-state index contributed by atoms with van der Waals surface area (Å²) in [5, 5.41) is 7.40. The highest BCUT2D eigenvalue weighted by molar-refractivity contribution is 9.10. The molecule has 0 atom stereocenters. The van der Waals surface area contributed by atoms with Gasteiger partial charge in [-0.15, -0.1) is 10.2 Å². The van der Waals surface area contributed by atoms with Crippen molar-refractivity contribution in [2.45, 2.75) is 6.42 Å². The van der Waals surface area contributed by atoms with Crippen molar-refractivity contribution in [1.29, 1.82) is 0 Å². The lowest BCUT2D eigenvalue weighted by atomic mass is 10.1. The highest BCUT2D eigenvalue weighted by atomic mass is 79.9. The molecule has 3 nitrogen and oxygen atoms in total. The fourth-order valence-corrected chi connectivity index (χ4v) is 1.39. The molecule has 0 unspecified atom stereocenters. The second-order valence-corrected chi connectivity index (χ2v) is 3.43. The quantitative estimate of drug-likeness (QED) is 0.829. The Labute approximate surface area is 88.1 Å². The van der Waals surface area contributed by atoms with E-state index in [0.717, 1.165) is 5.56 Å². The van der Waals surface area contributed by atoms with E-state index in [2.05, 4.69) is 26.1 Å². The van der Waals surface area contributed by atoms with Gasteiger partial charge in [-0.3, -0.25) is 0 Å². The number of aromatic nitrogens is 2. The second kappa shape index (κ2) is 3.88. The van der Waals surface area contributed by atoms with Gasteiger partial charge in [0.25, 0.3) is 4.80 Å². The maximum Gasteiger partial charge on any atom is 0.284 e. The van der Waals surface area contributed by atoms with Gasteiger partial charge in [0, 0.05) is 15.9 Å². The molecular formula is C9H6BrFN2O. The molecule has 0 bridgehead atoms. The summed E-state index contributed by atoms with van der Waals surface area (Å²) in [6.45, 7) is 0. The molecule has 0 aliphatic rings. The van der Waals surface area contributed by atoms with Crippen LogP contribution in [0.15, 0.2) is 33.5 Å². The lowest BCUT2D eigenvalue weighted by molar-refractivity contribution is 0.481. The third kappa shape index (κ3) is 2.17. The third-order valence-corrected chi connectivity index (χ3v) is 2.01. The molecule has 0 amide bonds. The van der Waals surface area contributed by atoms with Crippen LogP contribution in [0.2, 0.25) is 0 Å². The van der Waals surface area contributed by atoms with Crippen LogP contribution in [0.25, 0.3) is 0 Å². The van der Waals surface area contributed by atoms with Gasteiger partial charge in [-0.05, 0) is 17.7 Å². The summed E-state index contributed by atoms with van der Waals surface area (Å²) in [4.78, 5) is 0.337. The summed E-state index contributed by atoms with van der Waals surface area (Å²) < 4.78 is 17.9. The summed E-state index contributed by atoms with van der Waals surface area (Å²) in [6, 6.07) is 6.29. The van der Waals surface area contributed by atoms with Gasteiger partial charge in [-0.2, -0.15) is 0 Å². The van der Waals surface area contributed by atoms with Gasteiger partial charge in [-0.25, -0.2) is 4.39 Å². The summed E-state index contributed by atoms with van der Waals surface area (Å²) in [6.07, 6.45) is 0.441. The standard InChI is InChI=1S/C9H6BrFN2O/c10-9-13-12-8(14-9)5-6-2-1-3-7(11)4-6/h1-4H,5H2. The molecule has 1 heterocycles. The minimum atomic E-state index is -0.263. The lowest BCUT2D eigenvalue weighted by Crippen LogP contribution is -1.89. The zero-order valence-corrected chi connectivity index (χ0v) is 8.66. The topological polar surface area (TPSA) is 38.9 Å². The van der Waals surface area contributed by atoms with Gasteiger partial charge in [0.05, 0.1) is 6.42 Å².